The molecule has 0 aromatic rings. The summed E-state index contributed by atoms with van der Waals surface area (Å²) in [4.78, 5) is 0. The molecule has 0 saturated carbocycles. The van der Waals surface area contributed by atoms with E-state index >= 15 is 0 Å². The van der Waals surface area contributed by atoms with Gasteiger partial charge < -0.3 is 4.74 Å². The van der Waals surface area contributed by atoms with Gasteiger partial charge >= 0.3 is 0 Å². The van der Waals surface area contributed by atoms with Gasteiger partial charge in [-0.15, -0.1) is 0 Å². The summed E-state index contributed by atoms with van der Waals surface area (Å²) in [6, 6.07) is 0. The SMILES string of the molecule is C=C1CCCCCCC[C@@H](C)O1. The summed E-state index contributed by atoms with van der Waals surface area (Å²) >= 11 is 0. The highest BCUT2D eigenvalue weighted by molar-refractivity contribution is 4.83. The fraction of sp³-hybridized carbons (Fsp3) is 0.818. The van der Waals surface area contributed by atoms with E-state index < -0.39 is 0 Å². The summed E-state index contributed by atoms with van der Waals surface area (Å²) < 4.78 is 5.63. The van der Waals surface area contributed by atoms with Crippen LogP contribution in [0.2, 0.25) is 0 Å². The first-order chi connectivity index (χ1) is 5.79. The molecule has 1 atom stereocenters. The topological polar surface area (TPSA) is 9.23 Å². The van der Waals surface area contributed by atoms with E-state index in [1.807, 2.05) is 0 Å². The molecule has 70 valence electrons. The third-order valence-corrected chi connectivity index (χ3v) is 2.43. The molecule has 1 aliphatic rings. The number of rotatable bonds is 0. The summed E-state index contributed by atoms with van der Waals surface area (Å²) in [7, 11) is 0. The quantitative estimate of drug-likeness (QED) is 0.536. The molecule has 1 fully saturated rings. The molecule has 1 nitrogen and oxygen atoms in total. The van der Waals surface area contributed by atoms with Crippen molar-refractivity contribution in [2.75, 3.05) is 0 Å². The standard InChI is InChI=1S/C11H20O/c1-10-8-6-4-3-5-7-9-11(2)12-10/h11H,1,3-9H2,2H3/t11-/m1/s1. The maximum absolute atomic E-state index is 5.63. The van der Waals surface area contributed by atoms with E-state index in [-0.39, 0.29) is 0 Å². The van der Waals surface area contributed by atoms with Crippen molar-refractivity contribution >= 4 is 0 Å². The Morgan fingerprint density at radius 2 is 1.83 bits per heavy atom. The van der Waals surface area contributed by atoms with E-state index in [1.165, 1.54) is 38.5 Å². The molecule has 0 bridgehead atoms. The minimum absolute atomic E-state index is 0.385. The number of hydrogen-bond donors (Lipinski definition) is 0. The van der Waals surface area contributed by atoms with E-state index in [0.29, 0.717) is 6.10 Å². The second kappa shape index (κ2) is 5.23. The molecule has 0 aromatic carbocycles. The molecule has 1 rings (SSSR count). The van der Waals surface area contributed by atoms with E-state index in [0.717, 1.165) is 12.2 Å². The van der Waals surface area contributed by atoms with Gasteiger partial charge in [-0.1, -0.05) is 25.8 Å². The highest BCUT2D eigenvalue weighted by Gasteiger charge is 2.06. The Morgan fingerprint density at radius 3 is 2.67 bits per heavy atom. The van der Waals surface area contributed by atoms with Crippen LogP contribution in [0.15, 0.2) is 12.3 Å². The Morgan fingerprint density at radius 1 is 1.17 bits per heavy atom. The number of allylic oxidation sites excluding steroid dienone is 1. The lowest BCUT2D eigenvalue weighted by molar-refractivity contribution is 0.112. The summed E-state index contributed by atoms with van der Waals surface area (Å²) in [6.45, 7) is 6.06. The van der Waals surface area contributed by atoms with Gasteiger partial charge in [-0.25, -0.2) is 0 Å². The van der Waals surface area contributed by atoms with Crippen LogP contribution in [0.1, 0.15) is 51.9 Å². The Bertz CT molecular complexity index is 140. The van der Waals surface area contributed by atoms with Gasteiger partial charge in [0.05, 0.1) is 11.9 Å². The lowest BCUT2D eigenvalue weighted by atomic mass is 10.1. The fourth-order valence-corrected chi connectivity index (χ4v) is 1.69. The van der Waals surface area contributed by atoms with Gasteiger partial charge in [-0.3, -0.25) is 0 Å². The van der Waals surface area contributed by atoms with Gasteiger partial charge in [0.25, 0.3) is 0 Å². The minimum Gasteiger partial charge on any atom is -0.496 e. The van der Waals surface area contributed by atoms with Crippen LogP contribution in [0.3, 0.4) is 0 Å². The van der Waals surface area contributed by atoms with Gasteiger partial charge in [0, 0.05) is 6.42 Å². The predicted octanol–water partition coefficient (Wildman–Crippen LogP) is 3.65. The monoisotopic (exact) mass is 168 g/mol. The van der Waals surface area contributed by atoms with Crippen LogP contribution in [0.25, 0.3) is 0 Å². The molecule has 0 aromatic heterocycles. The molecular weight excluding hydrogens is 148 g/mol. The van der Waals surface area contributed by atoms with Crippen LogP contribution in [0, 0.1) is 0 Å². The lowest BCUT2D eigenvalue weighted by Crippen LogP contribution is -2.08. The first kappa shape index (κ1) is 9.63. The molecule has 0 spiro atoms. The Balaban J connectivity index is 2.29. The van der Waals surface area contributed by atoms with E-state index in [2.05, 4.69) is 13.5 Å². The summed E-state index contributed by atoms with van der Waals surface area (Å²) in [5, 5.41) is 0. The zero-order valence-corrected chi connectivity index (χ0v) is 8.14. The maximum atomic E-state index is 5.63. The molecule has 0 amide bonds. The zero-order valence-electron chi connectivity index (χ0n) is 8.14. The van der Waals surface area contributed by atoms with Crippen LogP contribution < -0.4 is 0 Å². The van der Waals surface area contributed by atoms with Gasteiger partial charge in [-0.2, -0.15) is 0 Å². The van der Waals surface area contributed by atoms with Crippen LogP contribution in [0.4, 0.5) is 0 Å². The third kappa shape index (κ3) is 3.80. The number of ether oxygens (including phenoxy) is 1. The van der Waals surface area contributed by atoms with Crippen molar-refractivity contribution in [3.63, 3.8) is 0 Å². The molecule has 1 heteroatoms. The fourth-order valence-electron chi connectivity index (χ4n) is 1.69. The van der Waals surface area contributed by atoms with Crippen molar-refractivity contribution in [3.8, 4) is 0 Å². The van der Waals surface area contributed by atoms with Gasteiger partial charge in [0.1, 0.15) is 0 Å². The van der Waals surface area contributed by atoms with Crippen LogP contribution in [0.5, 0.6) is 0 Å². The van der Waals surface area contributed by atoms with Gasteiger partial charge in [-0.05, 0) is 26.2 Å². The molecule has 0 aliphatic carbocycles. The third-order valence-electron chi connectivity index (χ3n) is 2.43. The normalized spacial score (nSPS) is 27.8. The highest BCUT2D eigenvalue weighted by Crippen LogP contribution is 2.18. The Labute approximate surface area is 75.8 Å². The average Bonchev–Trinajstić information content (AvgIpc) is 2.02. The predicted molar refractivity (Wildman–Crippen MR) is 52.0 cm³/mol. The smallest absolute Gasteiger partial charge is 0.0954 e. The summed E-state index contributed by atoms with van der Waals surface area (Å²) in [6.07, 6.45) is 9.32. The molecular formula is C11H20O. The molecule has 0 radical (unpaired) electrons. The second-order valence-corrected chi connectivity index (χ2v) is 3.77. The van der Waals surface area contributed by atoms with Crippen molar-refractivity contribution in [1.29, 1.82) is 0 Å². The van der Waals surface area contributed by atoms with E-state index in [9.17, 15) is 0 Å². The van der Waals surface area contributed by atoms with Crippen LogP contribution in [-0.4, -0.2) is 6.10 Å². The van der Waals surface area contributed by atoms with Crippen LogP contribution in [-0.2, 0) is 4.74 Å². The Kier molecular flexibility index (Phi) is 4.20. The molecule has 0 N–H and O–H groups in total. The second-order valence-electron chi connectivity index (χ2n) is 3.77. The van der Waals surface area contributed by atoms with Crippen molar-refractivity contribution in [3.05, 3.63) is 12.3 Å². The zero-order chi connectivity index (χ0) is 8.81. The van der Waals surface area contributed by atoms with Crippen molar-refractivity contribution in [2.24, 2.45) is 0 Å². The van der Waals surface area contributed by atoms with Crippen molar-refractivity contribution < 1.29 is 4.74 Å². The highest BCUT2D eigenvalue weighted by atomic mass is 16.5. The van der Waals surface area contributed by atoms with E-state index in [4.69, 9.17) is 4.74 Å². The molecule has 1 saturated heterocycles. The van der Waals surface area contributed by atoms with Gasteiger partial charge in [0.2, 0.25) is 0 Å². The summed E-state index contributed by atoms with van der Waals surface area (Å²) in [5.74, 6) is 0.990. The van der Waals surface area contributed by atoms with Crippen molar-refractivity contribution in [1.82, 2.24) is 0 Å². The summed E-state index contributed by atoms with van der Waals surface area (Å²) in [5.41, 5.74) is 0. The van der Waals surface area contributed by atoms with E-state index in [1.54, 1.807) is 0 Å². The maximum Gasteiger partial charge on any atom is 0.0954 e. The lowest BCUT2D eigenvalue weighted by Gasteiger charge is -2.18. The first-order valence-electron chi connectivity index (χ1n) is 5.13. The molecule has 1 aliphatic heterocycles. The number of hydrogen-bond acceptors (Lipinski definition) is 1. The molecule has 0 unspecified atom stereocenters. The Hall–Kier alpha value is -0.460. The largest absolute Gasteiger partial charge is 0.496 e. The average molecular weight is 168 g/mol. The molecule has 1 heterocycles. The van der Waals surface area contributed by atoms with Gasteiger partial charge in [0.15, 0.2) is 0 Å². The minimum atomic E-state index is 0.385. The van der Waals surface area contributed by atoms with Crippen molar-refractivity contribution in [2.45, 2.75) is 58.0 Å². The van der Waals surface area contributed by atoms with Crippen LogP contribution >= 0.6 is 0 Å². The molecule has 12 heavy (non-hydrogen) atoms. The first-order valence-corrected chi connectivity index (χ1v) is 5.13.